The number of rotatable bonds is 6. The zero-order chi connectivity index (χ0) is 18.2. The van der Waals surface area contributed by atoms with Crippen LogP contribution in [0.2, 0.25) is 0 Å². The second kappa shape index (κ2) is 8.39. The Kier molecular flexibility index (Phi) is 5.51. The fourth-order valence-electron chi connectivity index (χ4n) is 2.08. The molecule has 0 spiro atoms. The Morgan fingerprint density at radius 1 is 0.885 bits per heavy atom. The van der Waals surface area contributed by atoms with Crippen molar-refractivity contribution in [3.63, 3.8) is 0 Å². The van der Waals surface area contributed by atoms with Crippen LogP contribution in [0.3, 0.4) is 0 Å². The van der Waals surface area contributed by atoms with E-state index in [9.17, 15) is 9.59 Å². The summed E-state index contributed by atoms with van der Waals surface area (Å²) in [5.74, 6) is -1.01. The summed E-state index contributed by atoms with van der Waals surface area (Å²) >= 11 is 0. The van der Waals surface area contributed by atoms with Gasteiger partial charge in [0.05, 0.1) is 11.4 Å². The first kappa shape index (κ1) is 17.1. The van der Waals surface area contributed by atoms with Gasteiger partial charge in [0, 0.05) is 11.9 Å². The number of benzene rings is 2. The van der Waals surface area contributed by atoms with E-state index < -0.39 is 11.9 Å². The predicted molar refractivity (Wildman–Crippen MR) is 96.8 cm³/mol. The first-order valence-electron chi connectivity index (χ1n) is 7.88. The molecule has 0 saturated heterocycles. The summed E-state index contributed by atoms with van der Waals surface area (Å²) < 4.78 is 4.92. The minimum Gasteiger partial charge on any atom is -0.451 e. The lowest BCUT2D eigenvalue weighted by atomic mass is 10.3. The molecule has 3 aromatic rings. The zero-order valence-corrected chi connectivity index (χ0v) is 13.8. The Bertz CT molecular complexity index is 888. The standard InChI is InChI=1S/C19H16N4O3/c24-18(13-26-19(25)17-7-4-12-20-17)21-14-8-10-16(11-9-14)23-22-15-5-2-1-3-6-15/h1-12,20H,13H2,(H,21,24). The summed E-state index contributed by atoms with van der Waals surface area (Å²) in [5, 5.41) is 10.9. The number of nitrogens with one attached hydrogen (secondary N) is 2. The van der Waals surface area contributed by atoms with Gasteiger partial charge < -0.3 is 15.0 Å². The number of anilines is 1. The van der Waals surface area contributed by atoms with E-state index in [1.54, 1.807) is 42.6 Å². The highest BCUT2D eigenvalue weighted by atomic mass is 16.5. The van der Waals surface area contributed by atoms with Crippen molar-refractivity contribution in [3.05, 3.63) is 78.6 Å². The molecule has 0 atom stereocenters. The highest BCUT2D eigenvalue weighted by Crippen LogP contribution is 2.20. The summed E-state index contributed by atoms with van der Waals surface area (Å²) in [6.07, 6.45) is 1.60. The molecule has 2 N–H and O–H groups in total. The zero-order valence-electron chi connectivity index (χ0n) is 13.8. The predicted octanol–water partition coefficient (Wildman–Crippen LogP) is 4.23. The molecule has 1 heterocycles. The van der Waals surface area contributed by atoms with E-state index in [1.165, 1.54) is 0 Å². The van der Waals surface area contributed by atoms with Crippen molar-refractivity contribution in [1.82, 2.24) is 4.98 Å². The van der Waals surface area contributed by atoms with Gasteiger partial charge in [-0.05, 0) is 48.5 Å². The van der Waals surface area contributed by atoms with Crippen LogP contribution in [-0.4, -0.2) is 23.5 Å². The number of hydrogen-bond acceptors (Lipinski definition) is 5. The Labute approximate surface area is 149 Å². The average molecular weight is 348 g/mol. The number of carbonyl (C=O) groups is 2. The third-order valence-electron chi connectivity index (χ3n) is 3.34. The number of carbonyl (C=O) groups excluding carboxylic acids is 2. The van der Waals surface area contributed by atoms with Crippen LogP contribution >= 0.6 is 0 Å². The van der Waals surface area contributed by atoms with Crippen LogP contribution in [0.15, 0.2) is 83.2 Å². The number of aromatic amines is 1. The number of azo groups is 1. The molecule has 7 nitrogen and oxygen atoms in total. The first-order valence-corrected chi connectivity index (χ1v) is 7.88. The van der Waals surface area contributed by atoms with Crippen molar-refractivity contribution in [1.29, 1.82) is 0 Å². The van der Waals surface area contributed by atoms with Crippen molar-refractivity contribution < 1.29 is 14.3 Å². The Morgan fingerprint density at radius 2 is 1.58 bits per heavy atom. The number of ether oxygens (including phenoxy) is 1. The third kappa shape index (κ3) is 4.88. The second-order valence-corrected chi connectivity index (χ2v) is 5.29. The maximum atomic E-state index is 11.8. The Hall–Kier alpha value is -3.74. The first-order chi connectivity index (χ1) is 12.7. The van der Waals surface area contributed by atoms with Crippen LogP contribution < -0.4 is 5.32 Å². The van der Waals surface area contributed by atoms with Crippen LogP contribution in [-0.2, 0) is 9.53 Å². The monoisotopic (exact) mass is 348 g/mol. The summed E-state index contributed by atoms with van der Waals surface area (Å²) in [4.78, 5) is 26.2. The molecule has 0 aliphatic heterocycles. The number of nitrogens with zero attached hydrogens (tertiary/aromatic N) is 2. The average Bonchev–Trinajstić information content (AvgIpc) is 3.21. The smallest absolute Gasteiger partial charge is 0.355 e. The summed E-state index contributed by atoms with van der Waals surface area (Å²) in [6, 6.07) is 19.5. The molecular weight excluding hydrogens is 332 g/mol. The molecule has 7 heteroatoms. The van der Waals surface area contributed by atoms with E-state index in [2.05, 4.69) is 20.5 Å². The molecule has 1 amide bonds. The molecule has 130 valence electrons. The van der Waals surface area contributed by atoms with Gasteiger partial charge in [0.15, 0.2) is 6.61 Å². The van der Waals surface area contributed by atoms with E-state index in [0.717, 1.165) is 5.69 Å². The quantitative estimate of drug-likeness (QED) is 0.515. The third-order valence-corrected chi connectivity index (χ3v) is 3.34. The highest BCUT2D eigenvalue weighted by Gasteiger charge is 2.10. The molecule has 0 saturated carbocycles. The number of hydrogen-bond donors (Lipinski definition) is 2. The van der Waals surface area contributed by atoms with Gasteiger partial charge in [-0.15, -0.1) is 0 Å². The molecule has 0 unspecified atom stereocenters. The van der Waals surface area contributed by atoms with Gasteiger partial charge in [0.2, 0.25) is 0 Å². The van der Waals surface area contributed by atoms with Gasteiger partial charge in [0.25, 0.3) is 5.91 Å². The van der Waals surface area contributed by atoms with E-state index in [4.69, 9.17) is 4.74 Å². The van der Waals surface area contributed by atoms with Crippen molar-refractivity contribution in [2.75, 3.05) is 11.9 Å². The SMILES string of the molecule is O=C(COC(=O)c1ccc[nH]1)Nc1ccc(N=Nc2ccccc2)cc1. The molecule has 0 aliphatic rings. The molecule has 0 radical (unpaired) electrons. The highest BCUT2D eigenvalue weighted by molar-refractivity contribution is 5.94. The molecule has 2 aromatic carbocycles. The van der Waals surface area contributed by atoms with Crippen molar-refractivity contribution in [3.8, 4) is 0 Å². The summed E-state index contributed by atoms with van der Waals surface area (Å²) in [6.45, 7) is -0.368. The van der Waals surface area contributed by atoms with Gasteiger partial charge in [-0.2, -0.15) is 10.2 Å². The Balaban J connectivity index is 1.50. The van der Waals surface area contributed by atoms with Gasteiger partial charge in [-0.3, -0.25) is 4.79 Å². The molecule has 1 aromatic heterocycles. The molecule has 0 fully saturated rings. The number of amides is 1. The van der Waals surface area contributed by atoms with E-state index in [1.807, 2.05) is 30.3 Å². The molecule has 26 heavy (non-hydrogen) atoms. The maximum absolute atomic E-state index is 11.8. The normalized spacial score (nSPS) is 10.6. The van der Waals surface area contributed by atoms with Crippen LogP contribution in [0.4, 0.5) is 17.1 Å². The lowest BCUT2D eigenvalue weighted by Gasteiger charge is -2.06. The lowest BCUT2D eigenvalue weighted by Crippen LogP contribution is -2.20. The second-order valence-electron chi connectivity index (χ2n) is 5.29. The maximum Gasteiger partial charge on any atom is 0.355 e. The van der Waals surface area contributed by atoms with Crippen molar-refractivity contribution >= 4 is 28.9 Å². The van der Waals surface area contributed by atoms with E-state index in [-0.39, 0.29) is 6.61 Å². The summed E-state index contributed by atoms with van der Waals surface area (Å²) in [5.41, 5.74) is 2.29. The minimum atomic E-state index is -0.582. The largest absolute Gasteiger partial charge is 0.451 e. The Morgan fingerprint density at radius 3 is 2.23 bits per heavy atom. The number of H-pyrrole nitrogens is 1. The summed E-state index contributed by atoms with van der Waals surface area (Å²) in [7, 11) is 0. The van der Waals surface area contributed by atoms with Crippen LogP contribution in [0.25, 0.3) is 0 Å². The molecule has 3 rings (SSSR count). The van der Waals surface area contributed by atoms with Gasteiger partial charge >= 0.3 is 5.97 Å². The molecule has 0 aliphatic carbocycles. The van der Waals surface area contributed by atoms with Crippen LogP contribution in [0.5, 0.6) is 0 Å². The van der Waals surface area contributed by atoms with Crippen LogP contribution in [0.1, 0.15) is 10.5 Å². The fraction of sp³-hybridized carbons (Fsp3) is 0.0526. The lowest BCUT2D eigenvalue weighted by molar-refractivity contribution is -0.119. The van der Waals surface area contributed by atoms with Crippen molar-refractivity contribution in [2.45, 2.75) is 0 Å². The topological polar surface area (TPSA) is 95.9 Å². The number of esters is 1. The van der Waals surface area contributed by atoms with Gasteiger partial charge in [0.1, 0.15) is 5.69 Å². The van der Waals surface area contributed by atoms with Crippen molar-refractivity contribution in [2.24, 2.45) is 10.2 Å². The van der Waals surface area contributed by atoms with Crippen LogP contribution in [0, 0.1) is 0 Å². The fourth-order valence-corrected chi connectivity index (χ4v) is 2.08. The number of aromatic nitrogens is 1. The molecular formula is C19H16N4O3. The minimum absolute atomic E-state index is 0.297. The molecule has 0 bridgehead atoms. The van der Waals surface area contributed by atoms with Gasteiger partial charge in [-0.1, -0.05) is 18.2 Å². The van der Waals surface area contributed by atoms with E-state index >= 15 is 0 Å². The van der Waals surface area contributed by atoms with Gasteiger partial charge in [-0.25, -0.2) is 4.79 Å². The van der Waals surface area contributed by atoms with E-state index in [0.29, 0.717) is 17.1 Å².